The van der Waals surface area contributed by atoms with Gasteiger partial charge in [0, 0.05) is 5.56 Å². The number of rotatable bonds is 2. The quantitative estimate of drug-likeness (QED) is 0.694. The van der Waals surface area contributed by atoms with Gasteiger partial charge in [0.1, 0.15) is 23.7 Å². The molecule has 0 aliphatic carbocycles. The molecule has 3 nitrogen and oxygen atoms in total. The predicted octanol–water partition coefficient (Wildman–Crippen LogP) is 2.55. The maximum absolute atomic E-state index is 10.5. The molecular formula is C12H13NO2. The van der Waals surface area contributed by atoms with E-state index in [4.69, 9.17) is 10.00 Å². The predicted molar refractivity (Wildman–Crippen MR) is 56.9 cm³/mol. The van der Waals surface area contributed by atoms with Gasteiger partial charge in [0.2, 0.25) is 0 Å². The summed E-state index contributed by atoms with van der Waals surface area (Å²) in [5.74, 6) is 0.510. The highest BCUT2D eigenvalue weighted by atomic mass is 16.5. The van der Waals surface area contributed by atoms with Gasteiger partial charge in [-0.25, -0.2) is 0 Å². The van der Waals surface area contributed by atoms with E-state index in [1.54, 1.807) is 12.1 Å². The fraction of sp³-hybridized carbons (Fsp3) is 0.333. The first-order chi connectivity index (χ1) is 6.96. The van der Waals surface area contributed by atoms with E-state index in [9.17, 15) is 4.79 Å². The molecule has 1 rings (SSSR count). The number of hydrogen-bond donors (Lipinski definition) is 0. The van der Waals surface area contributed by atoms with Gasteiger partial charge in [0.25, 0.3) is 0 Å². The van der Waals surface area contributed by atoms with Crippen molar-refractivity contribution in [2.45, 2.75) is 26.4 Å². The minimum Gasteiger partial charge on any atom is -0.487 e. The smallest absolute Gasteiger partial charge is 0.150 e. The van der Waals surface area contributed by atoms with Crippen molar-refractivity contribution in [2.75, 3.05) is 0 Å². The summed E-state index contributed by atoms with van der Waals surface area (Å²) in [7, 11) is 0. The lowest BCUT2D eigenvalue weighted by Crippen LogP contribution is -2.23. The Morgan fingerprint density at radius 2 is 2.07 bits per heavy atom. The normalized spacial score (nSPS) is 10.5. The van der Waals surface area contributed by atoms with Crippen LogP contribution < -0.4 is 4.74 Å². The van der Waals surface area contributed by atoms with Crippen molar-refractivity contribution in [1.29, 1.82) is 5.26 Å². The summed E-state index contributed by atoms with van der Waals surface area (Å²) in [5, 5.41) is 8.89. The Morgan fingerprint density at radius 3 is 2.53 bits per heavy atom. The first-order valence-corrected chi connectivity index (χ1v) is 4.64. The van der Waals surface area contributed by atoms with Gasteiger partial charge < -0.3 is 4.74 Å². The Labute approximate surface area is 89.3 Å². The Kier molecular flexibility index (Phi) is 3.11. The number of nitrogens with zero attached hydrogens (tertiary/aromatic N) is 1. The Morgan fingerprint density at radius 1 is 1.40 bits per heavy atom. The van der Waals surface area contributed by atoms with E-state index >= 15 is 0 Å². The second-order valence-corrected chi connectivity index (χ2v) is 4.20. The van der Waals surface area contributed by atoms with Crippen LogP contribution in [0.1, 0.15) is 36.7 Å². The number of hydrogen-bond acceptors (Lipinski definition) is 3. The SMILES string of the molecule is CC(C)(C)Oc1ccc(C=O)cc1C#N. The van der Waals surface area contributed by atoms with Gasteiger partial charge in [0.05, 0.1) is 5.56 Å². The second-order valence-electron chi connectivity index (χ2n) is 4.20. The van der Waals surface area contributed by atoms with Gasteiger partial charge in [-0.2, -0.15) is 5.26 Å². The summed E-state index contributed by atoms with van der Waals surface area (Å²) < 4.78 is 5.58. The van der Waals surface area contributed by atoms with Crippen molar-refractivity contribution < 1.29 is 9.53 Å². The molecule has 1 aromatic rings. The number of benzene rings is 1. The van der Waals surface area contributed by atoms with Crippen molar-refractivity contribution in [1.82, 2.24) is 0 Å². The summed E-state index contributed by atoms with van der Waals surface area (Å²) in [6.07, 6.45) is 0.710. The van der Waals surface area contributed by atoms with Crippen LogP contribution in [0.25, 0.3) is 0 Å². The molecule has 0 unspecified atom stereocenters. The van der Waals surface area contributed by atoms with Crippen LogP contribution in [0.4, 0.5) is 0 Å². The van der Waals surface area contributed by atoms with Gasteiger partial charge in [-0.3, -0.25) is 4.79 Å². The van der Waals surface area contributed by atoms with Gasteiger partial charge in [0.15, 0.2) is 0 Å². The van der Waals surface area contributed by atoms with E-state index in [-0.39, 0.29) is 5.60 Å². The average molecular weight is 203 g/mol. The van der Waals surface area contributed by atoms with Crippen LogP contribution in [-0.4, -0.2) is 11.9 Å². The van der Waals surface area contributed by atoms with E-state index in [1.165, 1.54) is 6.07 Å². The largest absolute Gasteiger partial charge is 0.487 e. The van der Waals surface area contributed by atoms with Crippen LogP contribution in [0, 0.1) is 11.3 Å². The fourth-order valence-corrected chi connectivity index (χ4v) is 1.13. The molecule has 0 bridgehead atoms. The van der Waals surface area contributed by atoms with Crippen LogP contribution in [0.3, 0.4) is 0 Å². The van der Waals surface area contributed by atoms with Crippen LogP contribution >= 0.6 is 0 Å². The zero-order valence-electron chi connectivity index (χ0n) is 9.07. The highest BCUT2D eigenvalue weighted by Crippen LogP contribution is 2.23. The summed E-state index contributed by atoms with van der Waals surface area (Å²) in [6.45, 7) is 5.71. The monoisotopic (exact) mass is 203 g/mol. The van der Waals surface area contributed by atoms with E-state index in [2.05, 4.69) is 0 Å². The molecule has 15 heavy (non-hydrogen) atoms. The first kappa shape index (κ1) is 11.3. The molecular weight excluding hydrogens is 190 g/mol. The lowest BCUT2D eigenvalue weighted by atomic mass is 10.1. The van der Waals surface area contributed by atoms with Crippen LogP contribution in [-0.2, 0) is 0 Å². The number of ether oxygens (including phenoxy) is 1. The van der Waals surface area contributed by atoms with Crippen LogP contribution in [0.2, 0.25) is 0 Å². The maximum atomic E-state index is 10.5. The van der Waals surface area contributed by atoms with Gasteiger partial charge in [-0.1, -0.05) is 0 Å². The Hall–Kier alpha value is -1.82. The first-order valence-electron chi connectivity index (χ1n) is 4.64. The third kappa shape index (κ3) is 3.10. The van der Waals surface area contributed by atoms with Crippen molar-refractivity contribution in [3.63, 3.8) is 0 Å². The minimum atomic E-state index is -0.353. The van der Waals surface area contributed by atoms with Crippen molar-refractivity contribution in [2.24, 2.45) is 0 Å². The van der Waals surface area contributed by atoms with Crippen LogP contribution in [0.15, 0.2) is 18.2 Å². The maximum Gasteiger partial charge on any atom is 0.150 e. The molecule has 0 aliphatic rings. The van der Waals surface area contributed by atoms with Crippen molar-refractivity contribution in [3.05, 3.63) is 29.3 Å². The highest BCUT2D eigenvalue weighted by Gasteiger charge is 2.14. The summed E-state index contributed by atoms with van der Waals surface area (Å²) in [4.78, 5) is 10.5. The van der Waals surface area contributed by atoms with Gasteiger partial charge in [-0.15, -0.1) is 0 Å². The molecule has 1 aromatic carbocycles. The van der Waals surface area contributed by atoms with Gasteiger partial charge >= 0.3 is 0 Å². The zero-order valence-corrected chi connectivity index (χ0v) is 9.07. The fourth-order valence-electron chi connectivity index (χ4n) is 1.13. The molecule has 0 amide bonds. The molecule has 0 aromatic heterocycles. The lowest BCUT2D eigenvalue weighted by Gasteiger charge is -2.21. The number of carbonyl (C=O) groups is 1. The zero-order chi connectivity index (χ0) is 11.5. The lowest BCUT2D eigenvalue weighted by molar-refractivity contribution is 0.112. The highest BCUT2D eigenvalue weighted by molar-refractivity contribution is 5.76. The summed E-state index contributed by atoms with van der Waals surface area (Å²) >= 11 is 0. The Balaban J connectivity index is 3.10. The van der Waals surface area contributed by atoms with Crippen molar-refractivity contribution in [3.8, 4) is 11.8 Å². The third-order valence-electron chi connectivity index (χ3n) is 1.68. The molecule has 78 valence electrons. The summed E-state index contributed by atoms with van der Waals surface area (Å²) in [6, 6.07) is 6.81. The molecule has 0 saturated carbocycles. The topological polar surface area (TPSA) is 50.1 Å². The molecule has 0 saturated heterocycles. The van der Waals surface area contributed by atoms with Gasteiger partial charge in [-0.05, 0) is 39.0 Å². The molecule has 3 heteroatoms. The van der Waals surface area contributed by atoms with E-state index in [0.29, 0.717) is 23.2 Å². The van der Waals surface area contributed by atoms with Crippen LogP contribution in [0.5, 0.6) is 5.75 Å². The summed E-state index contributed by atoms with van der Waals surface area (Å²) in [5.41, 5.74) is 0.510. The number of aldehydes is 1. The molecule has 0 aliphatic heterocycles. The molecule has 0 fully saturated rings. The molecule has 0 spiro atoms. The average Bonchev–Trinajstić information content (AvgIpc) is 2.16. The van der Waals surface area contributed by atoms with E-state index in [1.807, 2.05) is 26.8 Å². The standard InChI is InChI=1S/C12H13NO2/c1-12(2,3)15-11-5-4-9(8-14)6-10(11)7-13/h4-6,8H,1-3H3. The molecule has 0 radical (unpaired) electrons. The van der Waals surface area contributed by atoms with Crippen molar-refractivity contribution >= 4 is 6.29 Å². The van der Waals surface area contributed by atoms with E-state index in [0.717, 1.165) is 0 Å². The molecule has 0 atom stereocenters. The molecule has 0 N–H and O–H groups in total. The minimum absolute atomic E-state index is 0.353. The second kappa shape index (κ2) is 4.14. The number of nitriles is 1. The third-order valence-corrected chi connectivity index (χ3v) is 1.68. The Bertz CT molecular complexity index is 411. The van der Waals surface area contributed by atoms with E-state index < -0.39 is 0 Å². The number of carbonyl (C=O) groups excluding carboxylic acids is 1. The molecule has 0 heterocycles.